The third-order valence-electron chi connectivity index (χ3n) is 1.16. The van der Waals surface area contributed by atoms with Crippen LogP contribution in [0.25, 0.3) is 0 Å². The Bertz CT molecular complexity index is 259. The Morgan fingerprint density at radius 2 is 2.25 bits per heavy atom. The van der Waals surface area contributed by atoms with Gasteiger partial charge < -0.3 is 4.74 Å². The summed E-state index contributed by atoms with van der Waals surface area (Å²) in [7, 11) is 0. The highest BCUT2D eigenvalue weighted by atomic mass is 16.5. The van der Waals surface area contributed by atoms with Gasteiger partial charge in [0, 0.05) is 0 Å². The van der Waals surface area contributed by atoms with E-state index in [1.807, 2.05) is 0 Å². The van der Waals surface area contributed by atoms with Crippen LogP contribution in [-0.2, 0) is 4.74 Å². The Morgan fingerprint density at radius 1 is 1.50 bits per heavy atom. The van der Waals surface area contributed by atoms with Crippen LogP contribution in [-0.4, -0.2) is 22.3 Å². The first-order valence-corrected chi connectivity index (χ1v) is 3.68. The number of nitrogens with zero attached hydrogens (tertiary/aromatic N) is 2. The van der Waals surface area contributed by atoms with Crippen LogP contribution < -0.4 is 0 Å². The predicted octanol–water partition coefficient (Wildman–Crippen LogP) is 1.04. The summed E-state index contributed by atoms with van der Waals surface area (Å²) in [6.45, 7) is 3.60. The van der Waals surface area contributed by atoms with Gasteiger partial charge in [0.05, 0.1) is 24.1 Å². The second kappa shape index (κ2) is 3.80. The van der Waals surface area contributed by atoms with Gasteiger partial charge in [0.2, 0.25) is 0 Å². The molecule has 0 atom stereocenters. The summed E-state index contributed by atoms with van der Waals surface area (Å²) < 4.78 is 4.93. The van der Waals surface area contributed by atoms with Gasteiger partial charge in [-0.25, -0.2) is 4.79 Å². The minimum Gasteiger partial charge on any atom is -0.459 e. The first kappa shape index (κ1) is 8.64. The van der Waals surface area contributed by atoms with E-state index in [0.717, 1.165) is 0 Å². The van der Waals surface area contributed by atoms with E-state index in [1.165, 1.54) is 12.4 Å². The number of hydrogen-bond acceptors (Lipinski definition) is 4. The highest BCUT2D eigenvalue weighted by Gasteiger charge is 2.07. The van der Waals surface area contributed by atoms with E-state index in [2.05, 4.69) is 10.2 Å². The third-order valence-corrected chi connectivity index (χ3v) is 1.16. The maximum atomic E-state index is 11.2. The van der Waals surface area contributed by atoms with Crippen LogP contribution in [0, 0.1) is 0 Å². The summed E-state index contributed by atoms with van der Waals surface area (Å²) in [6, 6.07) is 1.57. The molecule has 0 bridgehead atoms. The van der Waals surface area contributed by atoms with Crippen LogP contribution >= 0.6 is 0 Å². The van der Waals surface area contributed by atoms with Gasteiger partial charge in [-0.15, -0.1) is 0 Å². The third kappa shape index (κ3) is 2.30. The van der Waals surface area contributed by atoms with Gasteiger partial charge in [-0.3, -0.25) is 0 Å². The van der Waals surface area contributed by atoms with Crippen molar-refractivity contribution in [1.82, 2.24) is 10.2 Å². The Kier molecular flexibility index (Phi) is 2.74. The lowest BCUT2D eigenvalue weighted by Crippen LogP contribution is -2.11. The number of esters is 1. The second-order valence-corrected chi connectivity index (χ2v) is 2.59. The average molecular weight is 166 g/mol. The fraction of sp³-hybridized carbons (Fsp3) is 0.375. The summed E-state index contributed by atoms with van der Waals surface area (Å²) in [5.74, 6) is -0.361. The molecule has 4 nitrogen and oxygen atoms in total. The summed E-state index contributed by atoms with van der Waals surface area (Å²) in [6.07, 6.45) is 2.73. The predicted molar refractivity (Wildman–Crippen MR) is 42.6 cm³/mol. The molecular weight excluding hydrogens is 156 g/mol. The number of carbonyl (C=O) groups is 1. The Labute approximate surface area is 70.6 Å². The molecule has 0 amide bonds. The smallest absolute Gasteiger partial charge is 0.340 e. The van der Waals surface area contributed by atoms with Gasteiger partial charge in [-0.2, -0.15) is 10.2 Å². The lowest BCUT2D eigenvalue weighted by molar-refractivity contribution is 0.0377. The number of carbonyl (C=O) groups excluding carboxylic acids is 1. The molecule has 4 heteroatoms. The van der Waals surface area contributed by atoms with Crippen LogP contribution in [0.5, 0.6) is 0 Å². The lowest BCUT2D eigenvalue weighted by Gasteiger charge is -2.06. The topological polar surface area (TPSA) is 52.1 Å². The molecular formula is C8H10N2O2. The normalized spacial score (nSPS) is 9.92. The first-order chi connectivity index (χ1) is 5.70. The van der Waals surface area contributed by atoms with Crippen molar-refractivity contribution in [3.8, 4) is 0 Å². The molecule has 0 radical (unpaired) electrons. The van der Waals surface area contributed by atoms with Gasteiger partial charge in [0.15, 0.2) is 0 Å². The average Bonchev–Trinajstić information content (AvgIpc) is 2.05. The van der Waals surface area contributed by atoms with Crippen molar-refractivity contribution in [3.05, 3.63) is 24.0 Å². The molecule has 64 valence electrons. The summed E-state index contributed by atoms with van der Waals surface area (Å²) in [5, 5.41) is 7.11. The molecule has 0 aliphatic rings. The van der Waals surface area contributed by atoms with Crippen LogP contribution in [0.1, 0.15) is 24.2 Å². The van der Waals surface area contributed by atoms with E-state index < -0.39 is 0 Å². The lowest BCUT2D eigenvalue weighted by atomic mass is 10.3. The van der Waals surface area contributed by atoms with Crippen molar-refractivity contribution in [2.24, 2.45) is 0 Å². The van der Waals surface area contributed by atoms with Gasteiger partial charge in [-0.1, -0.05) is 0 Å². The molecule has 0 aliphatic heterocycles. The first-order valence-electron chi connectivity index (χ1n) is 3.68. The van der Waals surface area contributed by atoms with Gasteiger partial charge in [0.1, 0.15) is 0 Å². The van der Waals surface area contributed by atoms with E-state index >= 15 is 0 Å². The molecule has 0 unspecified atom stereocenters. The maximum Gasteiger partial charge on any atom is 0.340 e. The van der Waals surface area contributed by atoms with E-state index in [-0.39, 0.29) is 12.1 Å². The van der Waals surface area contributed by atoms with E-state index in [9.17, 15) is 4.79 Å². The number of ether oxygens (including phenoxy) is 1. The zero-order valence-corrected chi connectivity index (χ0v) is 7.02. The number of hydrogen-bond donors (Lipinski definition) is 0. The Morgan fingerprint density at radius 3 is 2.75 bits per heavy atom. The Balaban J connectivity index is 2.66. The standard InChI is InChI=1S/C8H10N2O2/c1-6(2)12-8(11)7-3-4-9-10-5-7/h3-6H,1-2H3. The molecule has 0 fully saturated rings. The molecule has 12 heavy (non-hydrogen) atoms. The van der Waals surface area contributed by atoms with Crippen LogP contribution in [0.15, 0.2) is 18.5 Å². The van der Waals surface area contributed by atoms with Crippen molar-refractivity contribution in [3.63, 3.8) is 0 Å². The highest BCUT2D eigenvalue weighted by molar-refractivity contribution is 5.88. The summed E-state index contributed by atoms with van der Waals surface area (Å²) in [4.78, 5) is 11.2. The quantitative estimate of drug-likeness (QED) is 0.616. The Hall–Kier alpha value is -1.45. The molecule has 1 rings (SSSR count). The second-order valence-electron chi connectivity index (χ2n) is 2.59. The SMILES string of the molecule is CC(C)OC(=O)c1ccnnc1. The molecule has 0 saturated carbocycles. The van der Waals surface area contributed by atoms with E-state index in [4.69, 9.17) is 4.74 Å². The molecule has 1 aromatic heterocycles. The number of rotatable bonds is 2. The molecule has 0 aromatic carbocycles. The fourth-order valence-corrected chi connectivity index (χ4v) is 0.694. The van der Waals surface area contributed by atoms with Crippen molar-refractivity contribution >= 4 is 5.97 Å². The van der Waals surface area contributed by atoms with Crippen LogP contribution in [0.4, 0.5) is 0 Å². The van der Waals surface area contributed by atoms with Gasteiger partial charge in [0.25, 0.3) is 0 Å². The molecule has 0 N–H and O–H groups in total. The number of aromatic nitrogens is 2. The molecule has 0 spiro atoms. The monoisotopic (exact) mass is 166 g/mol. The van der Waals surface area contributed by atoms with Crippen molar-refractivity contribution in [2.45, 2.75) is 20.0 Å². The molecule has 0 aliphatic carbocycles. The largest absolute Gasteiger partial charge is 0.459 e. The minimum atomic E-state index is -0.361. The molecule has 0 saturated heterocycles. The fourth-order valence-electron chi connectivity index (χ4n) is 0.694. The maximum absolute atomic E-state index is 11.2. The molecule has 1 heterocycles. The van der Waals surface area contributed by atoms with E-state index in [0.29, 0.717) is 5.56 Å². The van der Waals surface area contributed by atoms with Crippen LogP contribution in [0.2, 0.25) is 0 Å². The molecule has 1 aromatic rings. The minimum absolute atomic E-state index is 0.106. The van der Waals surface area contributed by atoms with Gasteiger partial charge in [-0.05, 0) is 19.9 Å². The summed E-state index contributed by atoms with van der Waals surface area (Å²) >= 11 is 0. The van der Waals surface area contributed by atoms with Gasteiger partial charge >= 0.3 is 5.97 Å². The van der Waals surface area contributed by atoms with E-state index in [1.54, 1.807) is 19.9 Å². The van der Waals surface area contributed by atoms with Crippen molar-refractivity contribution in [1.29, 1.82) is 0 Å². The zero-order valence-electron chi connectivity index (χ0n) is 7.02. The van der Waals surface area contributed by atoms with Crippen LogP contribution in [0.3, 0.4) is 0 Å². The van der Waals surface area contributed by atoms with Crippen molar-refractivity contribution < 1.29 is 9.53 Å². The highest BCUT2D eigenvalue weighted by Crippen LogP contribution is 2.00. The summed E-state index contributed by atoms with van der Waals surface area (Å²) in [5.41, 5.74) is 0.429. The zero-order chi connectivity index (χ0) is 8.97. The van der Waals surface area contributed by atoms with Crippen molar-refractivity contribution in [2.75, 3.05) is 0 Å².